The van der Waals surface area contributed by atoms with Gasteiger partial charge in [-0.3, -0.25) is 9.59 Å². The van der Waals surface area contributed by atoms with Crippen molar-refractivity contribution in [1.82, 2.24) is 9.88 Å². The van der Waals surface area contributed by atoms with E-state index in [0.717, 1.165) is 60.3 Å². The molecule has 1 aliphatic rings. The number of benzene rings is 1. The summed E-state index contributed by atoms with van der Waals surface area (Å²) < 4.78 is 0. The maximum Gasteiger partial charge on any atom is 0.251 e. The molecule has 1 amide bonds. The number of aromatic amines is 1. The molecule has 23 heavy (non-hydrogen) atoms. The Labute approximate surface area is 136 Å². The Kier molecular flexibility index (Phi) is 4.51. The molecule has 1 saturated heterocycles. The molecule has 0 saturated carbocycles. The highest BCUT2D eigenvalue weighted by Crippen LogP contribution is 2.18. The van der Waals surface area contributed by atoms with Gasteiger partial charge in [-0.25, -0.2) is 0 Å². The number of amides is 1. The first-order valence-corrected chi connectivity index (χ1v) is 8.43. The van der Waals surface area contributed by atoms with Crippen molar-refractivity contribution in [2.45, 2.75) is 39.5 Å². The summed E-state index contributed by atoms with van der Waals surface area (Å²) in [4.78, 5) is 28.9. The third kappa shape index (κ3) is 3.63. The zero-order valence-electron chi connectivity index (χ0n) is 13.9. The molecule has 0 bridgehead atoms. The van der Waals surface area contributed by atoms with E-state index in [1.807, 2.05) is 36.1 Å². The van der Waals surface area contributed by atoms with Gasteiger partial charge in [-0.2, -0.15) is 0 Å². The van der Waals surface area contributed by atoms with Crippen LogP contribution in [0, 0.1) is 12.8 Å². The Morgan fingerprint density at radius 1 is 1.26 bits per heavy atom. The van der Waals surface area contributed by atoms with Crippen molar-refractivity contribution in [1.29, 1.82) is 0 Å². The number of likely N-dealkylation sites (tertiary alicyclic amines) is 1. The summed E-state index contributed by atoms with van der Waals surface area (Å²) in [7, 11) is 0. The summed E-state index contributed by atoms with van der Waals surface area (Å²) >= 11 is 0. The number of rotatable bonds is 3. The molecular formula is C19H24N2O2. The number of piperidine rings is 1. The maximum absolute atomic E-state index is 12.3. The number of nitrogens with one attached hydrogen (secondary N) is 1. The Morgan fingerprint density at radius 2 is 2.00 bits per heavy atom. The summed E-state index contributed by atoms with van der Waals surface area (Å²) in [5.41, 5.74) is 2.61. The van der Waals surface area contributed by atoms with E-state index in [1.54, 1.807) is 0 Å². The topological polar surface area (TPSA) is 53.2 Å². The van der Waals surface area contributed by atoms with Crippen molar-refractivity contribution in [2.75, 3.05) is 13.1 Å². The van der Waals surface area contributed by atoms with Crippen LogP contribution in [0.1, 0.15) is 37.3 Å². The number of nitrogens with zero attached hydrogens (tertiary/aromatic N) is 1. The number of H-pyrrole nitrogens is 1. The normalized spacial score (nSPS) is 16.0. The van der Waals surface area contributed by atoms with E-state index < -0.39 is 0 Å². The van der Waals surface area contributed by atoms with Gasteiger partial charge in [0.05, 0.1) is 0 Å². The molecule has 4 nitrogen and oxygen atoms in total. The Bertz CT molecular complexity index is 771. The fourth-order valence-electron chi connectivity index (χ4n) is 3.18. The van der Waals surface area contributed by atoms with E-state index in [0.29, 0.717) is 6.42 Å². The molecule has 0 aliphatic carbocycles. The quantitative estimate of drug-likeness (QED) is 0.947. The second-order valence-corrected chi connectivity index (χ2v) is 6.77. The Morgan fingerprint density at radius 3 is 2.74 bits per heavy atom. The summed E-state index contributed by atoms with van der Waals surface area (Å²) in [5.74, 6) is 0.981. The Balaban J connectivity index is 1.66. The Hall–Kier alpha value is -2.10. The van der Waals surface area contributed by atoms with Gasteiger partial charge < -0.3 is 9.88 Å². The number of fused-ring (bicyclic) bond motifs is 1. The summed E-state index contributed by atoms with van der Waals surface area (Å²) in [5, 5.41) is 1.03. The first-order valence-electron chi connectivity index (χ1n) is 8.43. The second-order valence-electron chi connectivity index (χ2n) is 6.77. The molecule has 2 aromatic rings. The highest BCUT2D eigenvalue weighted by molar-refractivity contribution is 5.80. The smallest absolute Gasteiger partial charge is 0.251 e. The van der Waals surface area contributed by atoms with Gasteiger partial charge in [0, 0.05) is 30.6 Å². The van der Waals surface area contributed by atoms with Crippen LogP contribution in [0.2, 0.25) is 0 Å². The van der Waals surface area contributed by atoms with Gasteiger partial charge >= 0.3 is 0 Å². The lowest BCUT2D eigenvalue weighted by atomic mass is 9.98. The minimum atomic E-state index is -0.0480. The van der Waals surface area contributed by atoms with Crippen molar-refractivity contribution >= 4 is 16.8 Å². The lowest BCUT2D eigenvalue weighted by Crippen LogP contribution is -2.37. The monoisotopic (exact) mass is 312 g/mol. The highest BCUT2D eigenvalue weighted by Gasteiger charge is 2.19. The van der Waals surface area contributed by atoms with Gasteiger partial charge in [0.15, 0.2) is 0 Å². The summed E-state index contributed by atoms with van der Waals surface area (Å²) in [6.45, 7) is 5.85. The number of carbonyl (C=O) groups excluding carboxylic acids is 1. The number of pyridine rings is 1. The molecule has 0 atom stereocenters. The fourth-order valence-corrected chi connectivity index (χ4v) is 3.18. The predicted molar refractivity (Wildman–Crippen MR) is 92.6 cm³/mol. The lowest BCUT2D eigenvalue weighted by molar-refractivity contribution is -0.132. The van der Waals surface area contributed by atoms with Crippen LogP contribution in [0.25, 0.3) is 10.9 Å². The standard InChI is InChI=1S/C19H24N2O2/c1-13-7-9-21(10-8-13)18(22)6-4-15-3-5-16-11-14(2)19(23)20-17(16)12-15/h3,5,11-13H,4,6-10H2,1-2H3,(H,20,23). The van der Waals surface area contributed by atoms with Crippen LogP contribution in [0.4, 0.5) is 0 Å². The molecule has 0 radical (unpaired) electrons. The van der Waals surface area contributed by atoms with Gasteiger partial charge in [-0.05, 0) is 55.2 Å². The van der Waals surface area contributed by atoms with Crippen LogP contribution < -0.4 is 5.56 Å². The first kappa shape index (κ1) is 15.8. The van der Waals surface area contributed by atoms with Crippen LogP contribution in [0.15, 0.2) is 29.1 Å². The molecule has 0 spiro atoms. The largest absolute Gasteiger partial charge is 0.343 e. The third-order valence-corrected chi connectivity index (χ3v) is 4.86. The van der Waals surface area contributed by atoms with Crippen LogP contribution in [-0.2, 0) is 11.2 Å². The molecule has 1 aromatic heterocycles. The molecule has 0 unspecified atom stereocenters. The molecular weight excluding hydrogens is 288 g/mol. The first-order chi connectivity index (χ1) is 11.0. The maximum atomic E-state index is 12.3. The van der Waals surface area contributed by atoms with Crippen LogP contribution in [0.3, 0.4) is 0 Å². The minimum absolute atomic E-state index is 0.0480. The van der Waals surface area contributed by atoms with Crippen molar-refractivity contribution in [3.8, 4) is 0 Å². The number of aromatic nitrogens is 1. The van der Waals surface area contributed by atoms with Gasteiger partial charge in [-0.1, -0.05) is 19.1 Å². The minimum Gasteiger partial charge on any atom is -0.343 e. The molecule has 1 fully saturated rings. The van der Waals surface area contributed by atoms with Crippen molar-refractivity contribution < 1.29 is 4.79 Å². The molecule has 1 aliphatic heterocycles. The van der Waals surface area contributed by atoms with E-state index in [2.05, 4.69) is 11.9 Å². The molecule has 1 aromatic carbocycles. The number of hydrogen-bond donors (Lipinski definition) is 1. The van der Waals surface area contributed by atoms with E-state index in [4.69, 9.17) is 0 Å². The highest BCUT2D eigenvalue weighted by atomic mass is 16.2. The molecule has 3 rings (SSSR count). The van der Waals surface area contributed by atoms with E-state index in [-0.39, 0.29) is 11.5 Å². The van der Waals surface area contributed by atoms with Crippen molar-refractivity contribution in [3.63, 3.8) is 0 Å². The molecule has 1 N–H and O–H groups in total. The van der Waals surface area contributed by atoms with E-state index in [9.17, 15) is 9.59 Å². The lowest BCUT2D eigenvalue weighted by Gasteiger charge is -2.30. The van der Waals surface area contributed by atoms with Crippen LogP contribution in [-0.4, -0.2) is 28.9 Å². The van der Waals surface area contributed by atoms with Crippen LogP contribution >= 0.6 is 0 Å². The van der Waals surface area contributed by atoms with E-state index in [1.165, 1.54) is 0 Å². The number of carbonyl (C=O) groups is 1. The van der Waals surface area contributed by atoms with Crippen molar-refractivity contribution in [3.05, 3.63) is 45.7 Å². The average Bonchev–Trinajstić information content (AvgIpc) is 2.54. The summed E-state index contributed by atoms with van der Waals surface area (Å²) in [6.07, 6.45) is 3.48. The SMILES string of the molecule is Cc1cc2ccc(CCC(=O)N3CCC(C)CC3)cc2[nH]c1=O. The van der Waals surface area contributed by atoms with Crippen molar-refractivity contribution in [2.24, 2.45) is 5.92 Å². The number of aryl methyl sites for hydroxylation is 2. The molecule has 2 heterocycles. The van der Waals surface area contributed by atoms with Gasteiger partial charge in [0.25, 0.3) is 5.56 Å². The third-order valence-electron chi connectivity index (χ3n) is 4.86. The molecule has 4 heteroatoms. The van der Waals surface area contributed by atoms with Crippen LogP contribution in [0.5, 0.6) is 0 Å². The van der Waals surface area contributed by atoms with E-state index >= 15 is 0 Å². The summed E-state index contributed by atoms with van der Waals surface area (Å²) in [6, 6.07) is 7.95. The average molecular weight is 312 g/mol. The van der Waals surface area contributed by atoms with Gasteiger partial charge in [0.1, 0.15) is 0 Å². The fraction of sp³-hybridized carbons (Fsp3) is 0.474. The second kappa shape index (κ2) is 6.57. The zero-order chi connectivity index (χ0) is 16.4. The van der Waals surface area contributed by atoms with Gasteiger partial charge in [0.2, 0.25) is 5.91 Å². The predicted octanol–water partition coefficient (Wildman–Crippen LogP) is 3.03. The molecule has 122 valence electrons. The van der Waals surface area contributed by atoms with Gasteiger partial charge in [-0.15, -0.1) is 0 Å². The number of hydrogen-bond acceptors (Lipinski definition) is 2. The zero-order valence-corrected chi connectivity index (χ0v) is 13.9.